The lowest BCUT2D eigenvalue weighted by Gasteiger charge is -2.04. The van der Waals surface area contributed by atoms with Crippen molar-refractivity contribution in [3.05, 3.63) is 36.5 Å². The molecule has 4 nitrogen and oxygen atoms in total. The van der Waals surface area contributed by atoms with Crippen LogP contribution in [0.25, 0.3) is 0 Å². The molecule has 0 aromatic carbocycles. The number of carboxylic acid groups (broad SMARTS) is 1. The fourth-order valence-electron chi connectivity index (χ4n) is 2.30. The molecule has 0 fully saturated rings. The van der Waals surface area contributed by atoms with E-state index in [0.29, 0.717) is 12.8 Å². The first-order valence-corrected chi connectivity index (χ1v) is 9.15. The number of rotatable bonds is 15. The van der Waals surface area contributed by atoms with Crippen molar-refractivity contribution in [1.29, 1.82) is 0 Å². The summed E-state index contributed by atoms with van der Waals surface area (Å²) in [5.74, 6) is -0.837. The normalized spacial score (nSPS) is 14.8. The molecule has 0 unspecified atom stereocenters. The maximum Gasteiger partial charge on any atom is 0.303 e. The van der Waals surface area contributed by atoms with Crippen LogP contribution in [0.15, 0.2) is 36.5 Å². The van der Waals surface area contributed by atoms with Crippen molar-refractivity contribution in [2.45, 2.75) is 83.3 Å². The fourth-order valence-corrected chi connectivity index (χ4v) is 2.30. The monoisotopic (exact) mass is 338 g/mol. The third kappa shape index (κ3) is 17.0. The Morgan fingerprint density at radius 2 is 1.29 bits per heavy atom. The van der Waals surface area contributed by atoms with Crippen molar-refractivity contribution in [2.75, 3.05) is 0 Å². The first-order chi connectivity index (χ1) is 11.6. The molecule has 4 heteroatoms. The minimum absolute atomic E-state index is 0.0833. The Morgan fingerprint density at radius 1 is 0.792 bits per heavy atom. The molecule has 3 N–H and O–H groups in total. The standard InChI is InChI=1S/C20H34O4/c1-2-3-4-5-6-9-13-18(21)14-10-7-8-11-15-19(22)16-12-17-20(23)24/h7-8,10-11,14-15,18-19,21-22H,2-6,9,12-13,16-17H2,1H3,(H,23,24)/t18-,19-/m1/s1. The lowest BCUT2D eigenvalue weighted by molar-refractivity contribution is -0.137. The second-order valence-electron chi connectivity index (χ2n) is 6.13. The maximum absolute atomic E-state index is 10.4. The molecule has 0 aliphatic heterocycles. The number of allylic oxidation sites excluding steroid dienone is 4. The summed E-state index contributed by atoms with van der Waals surface area (Å²) in [5, 5.41) is 27.9. The van der Waals surface area contributed by atoms with Crippen LogP contribution in [0, 0.1) is 0 Å². The van der Waals surface area contributed by atoms with E-state index in [1.165, 1.54) is 32.1 Å². The molecule has 0 saturated heterocycles. The predicted molar refractivity (Wildman–Crippen MR) is 98.9 cm³/mol. The topological polar surface area (TPSA) is 77.8 Å². The highest BCUT2D eigenvalue weighted by Crippen LogP contribution is 2.09. The van der Waals surface area contributed by atoms with E-state index in [9.17, 15) is 15.0 Å². The van der Waals surface area contributed by atoms with Gasteiger partial charge in [-0.2, -0.15) is 0 Å². The van der Waals surface area contributed by atoms with Crippen LogP contribution in [-0.4, -0.2) is 33.5 Å². The number of carboxylic acids is 1. The Morgan fingerprint density at radius 3 is 1.83 bits per heavy atom. The van der Waals surface area contributed by atoms with Gasteiger partial charge < -0.3 is 15.3 Å². The van der Waals surface area contributed by atoms with Crippen molar-refractivity contribution in [2.24, 2.45) is 0 Å². The number of aliphatic hydroxyl groups excluding tert-OH is 2. The molecular weight excluding hydrogens is 304 g/mol. The molecule has 138 valence electrons. The van der Waals surface area contributed by atoms with Crippen molar-refractivity contribution < 1.29 is 20.1 Å². The number of hydrogen-bond donors (Lipinski definition) is 3. The smallest absolute Gasteiger partial charge is 0.303 e. The van der Waals surface area contributed by atoms with Gasteiger partial charge in [-0.1, -0.05) is 81.9 Å². The molecule has 0 aromatic heterocycles. The molecule has 0 bridgehead atoms. The quantitative estimate of drug-likeness (QED) is 0.306. The van der Waals surface area contributed by atoms with Gasteiger partial charge >= 0.3 is 5.97 Å². The highest BCUT2D eigenvalue weighted by molar-refractivity contribution is 5.66. The van der Waals surface area contributed by atoms with Gasteiger partial charge in [-0.3, -0.25) is 4.79 Å². The van der Waals surface area contributed by atoms with Crippen LogP contribution >= 0.6 is 0 Å². The molecule has 0 heterocycles. The van der Waals surface area contributed by atoms with Gasteiger partial charge in [-0.15, -0.1) is 0 Å². The average molecular weight is 338 g/mol. The minimum Gasteiger partial charge on any atom is -0.481 e. The molecule has 24 heavy (non-hydrogen) atoms. The van der Waals surface area contributed by atoms with Gasteiger partial charge in [0.25, 0.3) is 0 Å². The van der Waals surface area contributed by atoms with Gasteiger partial charge in [0.1, 0.15) is 0 Å². The highest BCUT2D eigenvalue weighted by atomic mass is 16.4. The summed E-state index contributed by atoms with van der Waals surface area (Å²) >= 11 is 0. The Labute approximate surface area is 146 Å². The van der Waals surface area contributed by atoms with E-state index in [0.717, 1.165) is 12.8 Å². The first-order valence-electron chi connectivity index (χ1n) is 9.15. The van der Waals surface area contributed by atoms with Crippen molar-refractivity contribution in [3.8, 4) is 0 Å². The zero-order valence-electron chi connectivity index (χ0n) is 14.9. The fraction of sp³-hybridized carbons (Fsp3) is 0.650. The Bertz CT molecular complexity index is 385. The average Bonchev–Trinajstić information content (AvgIpc) is 2.53. The first kappa shape index (κ1) is 22.6. The van der Waals surface area contributed by atoms with E-state index in [1.54, 1.807) is 24.3 Å². The molecule has 0 rings (SSSR count). The number of hydrogen-bond acceptors (Lipinski definition) is 3. The number of aliphatic carboxylic acids is 1. The summed E-state index contributed by atoms with van der Waals surface area (Å²) in [6.07, 6.45) is 18.7. The van der Waals surface area contributed by atoms with Gasteiger partial charge in [0.2, 0.25) is 0 Å². The predicted octanol–water partition coefficient (Wildman–Crippen LogP) is 4.38. The third-order valence-corrected chi connectivity index (χ3v) is 3.74. The molecule has 2 atom stereocenters. The van der Waals surface area contributed by atoms with E-state index >= 15 is 0 Å². The van der Waals surface area contributed by atoms with Crippen LogP contribution in [0.2, 0.25) is 0 Å². The van der Waals surface area contributed by atoms with E-state index in [-0.39, 0.29) is 6.42 Å². The molecule has 0 radical (unpaired) electrons. The highest BCUT2D eigenvalue weighted by Gasteiger charge is 2.01. The summed E-state index contributed by atoms with van der Waals surface area (Å²) in [6, 6.07) is 0. The summed E-state index contributed by atoms with van der Waals surface area (Å²) in [6.45, 7) is 2.21. The minimum atomic E-state index is -0.837. The molecular formula is C20H34O4. The number of carbonyl (C=O) groups is 1. The molecule has 0 saturated carbocycles. The van der Waals surface area contributed by atoms with Gasteiger partial charge in [-0.05, 0) is 19.3 Å². The second kappa shape index (κ2) is 16.5. The Hall–Kier alpha value is -1.39. The van der Waals surface area contributed by atoms with Crippen LogP contribution in [-0.2, 0) is 4.79 Å². The molecule has 0 amide bonds. The number of aliphatic hydroxyl groups is 2. The van der Waals surface area contributed by atoms with Crippen LogP contribution in [0.5, 0.6) is 0 Å². The molecule has 0 spiro atoms. The van der Waals surface area contributed by atoms with Gasteiger partial charge in [-0.25, -0.2) is 0 Å². The van der Waals surface area contributed by atoms with E-state index in [4.69, 9.17) is 5.11 Å². The maximum atomic E-state index is 10.4. The van der Waals surface area contributed by atoms with E-state index in [1.807, 2.05) is 12.2 Å². The lowest BCUT2D eigenvalue weighted by atomic mass is 10.1. The summed E-state index contributed by atoms with van der Waals surface area (Å²) in [5.41, 5.74) is 0. The van der Waals surface area contributed by atoms with Gasteiger partial charge in [0.15, 0.2) is 0 Å². The molecule has 0 aromatic rings. The largest absolute Gasteiger partial charge is 0.481 e. The van der Waals surface area contributed by atoms with Crippen LogP contribution in [0.3, 0.4) is 0 Å². The van der Waals surface area contributed by atoms with Crippen molar-refractivity contribution in [3.63, 3.8) is 0 Å². The SMILES string of the molecule is CCCCCCCC[C@@H](O)C=CC=CC=C[C@@H](O)CCCC(=O)O. The Kier molecular flexibility index (Phi) is 15.5. The summed E-state index contributed by atoms with van der Waals surface area (Å²) in [7, 11) is 0. The van der Waals surface area contributed by atoms with E-state index in [2.05, 4.69) is 6.92 Å². The Balaban J connectivity index is 3.70. The van der Waals surface area contributed by atoms with E-state index < -0.39 is 18.2 Å². The molecule has 0 aliphatic carbocycles. The molecule has 0 aliphatic rings. The third-order valence-electron chi connectivity index (χ3n) is 3.74. The summed E-state index contributed by atoms with van der Waals surface area (Å²) < 4.78 is 0. The van der Waals surface area contributed by atoms with Gasteiger partial charge in [0.05, 0.1) is 12.2 Å². The second-order valence-corrected chi connectivity index (χ2v) is 6.13. The zero-order chi connectivity index (χ0) is 18.0. The summed E-state index contributed by atoms with van der Waals surface area (Å²) in [4.78, 5) is 10.4. The van der Waals surface area contributed by atoms with Crippen LogP contribution in [0.1, 0.15) is 71.1 Å². The lowest BCUT2D eigenvalue weighted by Crippen LogP contribution is -2.03. The van der Waals surface area contributed by atoms with Crippen molar-refractivity contribution >= 4 is 5.97 Å². The zero-order valence-corrected chi connectivity index (χ0v) is 14.9. The van der Waals surface area contributed by atoms with Crippen LogP contribution < -0.4 is 0 Å². The van der Waals surface area contributed by atoms with Gasteiger partial charge in [0, 0.05) is 6.42 Å². The van der Waals surface area contributed by atoms with Crippen LogP contribution in [0.4, 0.5) is 0 Å². The number of unbranched alkanes of at least 4 members (excludes halogenated alkanes) is 5. The van der Waals surface area contributed by atoms with Crippen molar-refractivity contribution in [1.82, 2.24) is 0 Å².